The molecule has 0 amide bonds. The Kier molecular flexibility index (Phi) is 1.38. The van der Waals surface area contributed by atoms with E-state index in [0.29, 0.717) is 0 Å². The number of hydrogen-bond acceptors (Lipinski definition) is 2. The molecule has 0 aromatic heterocycles. The van der Waals surface area contributed by atoms with Crippen molar-refractivity contribution in [3.05, 3.63) is 0 Å². The van der Waals surface area contributed by atoms with Gasteiger partial charge < -0.3 is 0 Å². The molecular formula is H2O2SSi. The predicted octanol–water partition coefficient (Wildman–Crippen LogP) is -1.59. The summed E-state index contributed by atoms with van der Waals surface area (Å²) in [6.45, 7) is 0. The van der Waals surface area contributed by atoms with Crippen LogP contribution >= 0.6 is 0 Å². The summed E-state index contributed by atoms with van der Waals surface area (Å²) in [5.41, 5.74) is 0. The molecule has 0 heterocycles. The molecule has 0 aliphatic rings. The van der Waals surface area contributed by atoms with E-state index in [9.17, 15) is 0 Å². The largest absolute Gasteiger partial charge is 0.195 e. The van der Waals surface area contributed by atoms with Crippen molar-refractivity contribution in [1.29, 1.82) is 0 Å². The molecule has 0 spiro atoms. The van der Waals surface area contributed by atoms with Crippen molar-refractivity contribution in [2.24, 2.45) is 0 Å². The van der Waals surface area contributed by atoms with Crippen molar-refractivity contribution in [1.82, 2.24) is 0 Å². The van der Waals surface area contributed by atoms with Crippen LogP contribution in [0.1, 0.15) is 0 Å². The topological polar surface area (TPSA) is 34.1 Å². The molecule has 0 bridgehead atoms. The zero-order valence-corrected chi connectivity index (χ0v) is 4.16. The summed E-state index contributed by atoms with van der Waals surface area (Å²) in [7, 11) is -0.914. The second-order valence-electron chi connectivity index (χ2n) is 0.304. The molecule has 0 aliphatic carbocycles. The first-order valence-corrected chi connectivity index (χ1v) is 3.60. The minimum atomic E-state index is -1.83. The number of hydrogen-bond donors (Lipinski definition) is 0. The van der Waals surface area contributed by atoms with E-state index >= 15 is 0 Å². The van der Waals surface area contributed by atoms with E-state index in [1.807, 2.05) is 0 Å². The van der Waals surface area contributed by atoms with Gasteiger partial charge in [0.25, 0.3) is 0 Å². The fraction of sp³-hybridized carbons (Fsp3) is 0. The lowest BCUT2D eigenvalue weighted by atomic mass is 15.9. The van der Waals surface area contributed by atoms with Crippen LogP contribution < -0.4 is 0 Å². The van der Waals surface area contributed by atoms with Crippen LogP contribution in [0.5, 0.6) is 0 Å². The zero-order chi connectivity index (χ0) is 3.58. The van der Waals surface area contributed by atoms with E-state index in [-0.39, 0.29) is 0 Å². The summed E-state index contributed by atoms with van der Waals surface area (Å²) in [4.78, 5) is 0. The summed E-state index contributed by atoms with van der Waals surface area (Å²) in [5.74, 6) is 0. The van der Waals surface area contributed by atoms with Crippen molar-refractivity contribution in [2.75, 3.05) is 0 Å². The summed E-state index contributed by atoms with van der Waals surface area (Å²) in [6.07, 6.45) is 0. The Hall–Kier alpha value is 0.0369. The summed E-state index contributed by atoms with van der Waals surface area (Å²) < 4.78 is 18.0. The molecule has 4 heteroatoms. The molecule has 0 N–H and O–H groups in total. The van der Waals surface area contributed by atoms with Crippen LogP contribution in [0.2, 0.25) is 0 Å². The second kappa shape index (κ2) is 1.37. The van der Waals surface area contributed by atoms with E-state index in [4.69, 9.17) is 8.42 Å². The van der Waals surface area contributed by atoms with Gasteiger partial charge in [0.05, 0.1) is 0 Å². The SMILES string of the molecule is O=S(=O)=[SiH2]. The first-order chi connectivity index (χ1) is 1.73. The van der Waals surface area contributed by atoms with Crippen molar-refractivity contribution in [3.8, 4) is 0 Å². The molecule has 2 nitrogen and oxygen atoms in total. The van der Waals surface area contributed by atoms with Gasteiger partial charge in [-0.05, 0) is 0 Å². The standard InChI is InChI=1S/H2O2SSi/c1-3(2)4/h4H2. The second-order valence-corrected chi connectivity index (χ2v) is 2.33. The van der Waals surface area contributed by atoms with Crippen LogP contribution in [0.15, 0.2) is 0 Å². The highest BCUT2D eigenvalue weighted by molar-refractivity contribution is 7.76. The van der Waals surface area contributed by atoms with Gasteiger partial charge in [-0.1, -0.05) is 0 Å². The smallest absolute Gasteiger partial charge is 0.157 e. The number of rotatable bonds is 0. The Labute approximate surface area is 28.0 Å². The molecular weight excluding hydrogens is 92.2 g/mol. The highest BCUT2D eigenvalue weighted by Crippen LogP contribution is 1.06. The van der Waals surface area contributed by atoms with E-state index in [1.165, 1.54) is 0 Å². The van der Waals surface area contributed by atoms with Crippen LogP contribution in [0.25, 0.3) is 0 Å². The molecule has 24 valence electrons. The van der Waals surface area contributed by atoms with E-state index in [0.717, 1.165) is 8.95 Å². The minimum absolute atomic E-state index is 0.920. The van der Waals surface area contributed by atoms with Crippen molar-refractivity contribution in [3.63, 3.8) is 0 Å². The zero-order valence-electron chi connectivity index (χ0n) is 1.93. The molecule has 0 aliphatic heterocycles. The van der Waals surface area contributed by atoms with E-state index < -0.39 is 9.70 Å². The normalized spacial score (nSPS) is 6.00. The average Bonchev–Trinajstić information content (AvgIpc) is 0.811. The van der Waals surface area contributed by atoms with Crippen LogP contribution in [-0.4, -0.2) is 17.4 Å². The molecule has 0 aromatic rings. The lowest BCUT2D eigenvalue weighted by Gasteiger charge is -1.20. The van der Waals surface area contributed by atoms with Gasteiger partial charge in [0.2, 0.25) is 0 Å². The average molecular weight is 94.2 g/mol. The van der Waals surface area contributed by atoms with Gasteiger partial charge in [0.15, 0.2) is 9.70 Å². The Balaban J connectivity index is 4.65. The molecule has 0 radical (unpaired) electrons. The summed E-state index contributed by atoms with van der Waals surface area (Å²) in [5, 5.41) is 0. The molecule has 4 heavy (non-hydrogen) atoms. The van der Waals surface area contributed by atoms with Crippen LogP contribution in [0, 0.1) is 0 Å². The first kappa shape index (κ1) is 4.04. The van der Waals surface area contributed by atoms with Crippen LogP contribution in [0.4, 0.5) is 0 Å². The highest BCUT2D eigenvalue weighted by Gasteiger charge is 1.28. The third-order valence-electron chi connectivity index (χ3n) is 0. The van der Waals surface area contributed by atoms with Crippen molar-refractivity contribution < 1.29 is 8.42 Å². The summed E-state index contributed by atoms with van der Waals surface area (Å²) in [6, 6.07) is 0. The first-order valence-electron chi connectivity index (χ1n) is 0.622. The highest BCUT2D eigenvalue weighted by atomic mass is 32.2. The van der Waals surface area contributed by atoms with Crippen LogP contribution in [-0.2, 0) is 9.70 Å². The molecule has 0 atom stereocenters. The van der Waals surface area contributed by atoms with Gasteiger partial charge in [0, 0.05) is 0 Å². The predicted molar refractivity (Wildman–Crippen MR) is 17.5 cm³/mol. The Morgan fingerprint density at radius 2 is 1.50 bits per heavy atom. The Morgan fingerprint density at radius 1 is 1.50 bits per heavy atom. The Bertz CT molecular complexity index is 75.4. The fourth-order valence-corrected chi connectivity index (χ4v) is 0. The van der Waals surface area contributed by atoms with Gasteiger partial charge >= 0.3 is 0 Å². The van der Waals surface area contributed by atoms with Gasteiger partial charge in [0.1, 0.15) is 8.95 Å². The Morgan fingerprint density at radius 3 is 1.50 bits per heavy atom. The van der Waals surface area contributed by atoms with Crippen molar-refractivity contribution in [2.45, 2.75) is 0 Å². The van der Waals surface area contributed by atoms with E-state index in [1.54, 1.807) is 0 Å². The molecule has 0 fully saturated rings. The maximum Gasteiger partial charge on any atom is 0.157 e. The third-order valence-corrected chi connectivity index (χ3v) is 0. The fourth-order valence-electron chi connectivity index (χ4n) is 0. The maximum atomic E-state index is 9.01. The molecule has 0 saturated heterocycles. The maximum absolute atomic E-state index is 9.01. The lowest BCUT2D eigenvalue weighted by Crippen LogP contribution is -1.41. The molecule has 0 aromatic carbocycles. The monoisotopic (exact) mass is 94.0 g/mol. The minimum Gasteiger partial charge on any atom is -0.195 e. The third kappa shape index (κ3) is 1610. The van der Waals surface area contributed by atoms with Gasteiger partial charge in [-0.25, -0.2) is 0 Å². The lowest BCUT2D eigenvalue weighted by molar-refractivity contribution is 0.628. The molecule has 0 saturated carbocycles. The molecule has 0 rings (SSSR count). The quantitative estimate of drug-likeness (QED) is 0.339. The van der Waals surface area contributed by atoms with Gasteiger partial charge in [-0.2, -0.15) is 8.42 Å². The van der Waals surface area contributed by atoms with E-state index in [2.05, 4.69) is 0 Å². The molecule has 0 unspecified atom stereocenters. The van der Waals surface area contributed by atoms with Gasteiger partial charge in [-0.15, -0.1) is 0 Å². The summed E-state index contributed by atoms with van der Waals surface area (Å²) >= 11 is 0. The van der Waals surface area contributed by atoms with Gasteiger partial charge in [-0.3, -0.25) is 0 Å². The van der Waals surface area contributed by atoms with Crippen LogP contribution in [0.3, 0.4) is 0 Å². The van der Waals surface area contributed by atoms with Crippen molar-refractivity contribution >= 4 is 18.7 Å².